The summed E-state index contributed by atoms with van der Waals surface area (Å²) in [6, 6.07) is 24.5. The fraction of sp³-hybridized carbons (Fsp3) is 0.200. The number of hydrogen-bond donors (Lipinski definition) is 1. The van der Waals surface area contributed by atoms with Crippen molar-refractivity contribution in [3.8, 4) is 11.5 Å². The number of ether oxygens (including phenoxy) is 2. The molecule has 0 fully saturated rings. The van der Waals surface area contributed by atoms with Crippen LogP contribution in [0, 0.1) is 0 Å². The number of hydrogen-bond acceptors (Lipinski definition) is 3. The van der Waals surface area contributed by atoms with Gasteiger partial charge in [0, 0.05) is 0 Å². The van der Waals surface area contributed by atoms with Crippen LogP contribution in [0.2, 0.25) is 6.82 Å². The Morgan fingerprint density at radius 3 is 1.97 bits per heavy atom. The zero-order chi connectivity index (χ0) is 20.8. The van der Waals surface area contributed by atoms with Gasteiger partial charge in [-0.3, -0.25) is 0 Å². The molecule has 3 nitrogen and oxygen atoms in total. The summed E-state index contributed by atoms with van der Waals surface area (Å²) in [5.41, 5.74) is 6.53. The van der Waals surface area contributed by atoms with E-state index in [0.717, 1.165) is 40.1 Å². The summed E-state index contributed by atoms with van der Waals surface area (Å²) in [4.78, 5) is 0. The van der Waals surface area contributed by atoms with Crippen LogP contribution in [-0.2, 0) is 0 Å². The van der Waals surface area contributed by atoms with Gasteiger partial charge >= 0.3 is 6.92 Å². The van der Waals surface area contributed by atoms with Gasteiger partial charge in [-0.15, -0.1) is 0 Å². The van der Waals surface area contributed by atoms with Crippen LogP contribution in [0.25, 0.3) is 11.1 Å². The van der Waals surface area contributed by atoms with E-state index in [0.29, 0.717) is 0 Å². The van der Waals surface area contributed by atoms with E-state index in [4.69, 9.17) is 9.47 Å². The second-order valence-electron chi connectivity index (χ2n) is 6.97. The Morgan fingerprint density at radius 2 is 1.41 bits per heavy atom. The highest BCUT2D eigenvalue weighted by molar-refractivity contribution is 6.64. The Labute approximate surface area is 173 Å². The van der Waals surface area contributed by atoms with Gasteiger partial charge in [0.15, 0.2) is 0 Å². The molecule has 4 heteroatoms. The Balaban J connectivity index is 2.28. The molecule has 29 heavy (non-hydrogen) atoms. The molecule has 0 heterocycles. The monoisotopic (exact) mass is 386 g/mol. The van der Waals surface area contributed by atoms with Crippen LogP contribution in [0.15, 0.2) is 72.8 Å². The van der Waals surface area contributed by atoms with Gasteiger partial charge in [-0.25, -0.2) is 0 Å². The van der Waals surface area contributed by atoms with Crippen molar-refractivity contribution in [1.29, 1.82) is 0 Å². The summed E-state index contributed by atoms with van der Waals surface area (Å²) in [6.45, 7) is 3.36. The van der Waals surface area contributed by atoms with Crippen molar-refractivity contribution in [3.05, 3.63) is 89.5 Å². The first kappa shape index (κ1) is 20.8. The molecule has 0 saturated carbocycles. The normalized spacial score (nSPS) is 11.6. The maximum Gasteiger partial charge on any atom is 0.320 e. The zero-order valence-corrected chi connectivity index (χ0v) is 17.5. The standard InChI is InChI=1S/C25H27BO3/c1-5-24(20-15-21(26(2)27)17-23(16-20)29-4)25(18-9-7-6-8-10-18)19-11-13-22(28-3)14-12-19/h6-17,27H,5H2,1-4H3/b25-24+. The van der Waals surface area contributed by atoms with E-state index in [1.807, 2.05) is 30.3 Å². The third-order valence-electron chi connectivity index (χ3n) is 5.09. The molecular weight excluding hydrogens is 359 g/mol. The van der Waals surface area contributed by atoms with E-state index in [2.05, 4.69) is 49.4 Å². The minimum atomic E-state index is -0.567. The summed E-state index contributed by atoms with van der Waals surface area (Å²) in [7, 11) is 3.33. The molecule has 0 aromatic heterocycles. The third-order valence-corrected chi connectivity index (χ3v) is 5.09. The van der Waals surface area contributed by atoms with Gasteiger partial charge in [0.1, 0.15) is 11.5 Å². The van der Waals surface area contributed by atoms with Crippen molar-refractivity contribution >= 4 is 23.5 Å². The summed E-state index contributed by atoms with van der Waals surface area (Å²) >= 11 is 0. The second kappa shape index (κ2) is 9.48. The van der Waals surface area contributed by atoms with Crippen molar-refractivity contribution in [2.45, 2.75) is 20.2 Å². The van der Waals surface area contributed by atoms with Crippen molar-refractivity contribution in [1.82, 2.24) is 0 Å². The minimum Gasteiger partial charge on any atom is -0.497 e. The van der Waals surface area contributed by atoms with Crippen LogP contribution in [0.3, 0.4) is 0 Å². The molecule has 0 bridgehead atoms. The number of rotatable bonds is 7. The molecule has 0 aliphatic rings. The van der Waals surface area contributed by atoms with Crippen molar-refractivity contribution < 1.29 is 14.5 Å². The summed E-state index contributed by atoms with van der Waals surface area (Å²) in [5, 5.41) is 10.2. The van der Waals surface area contributed by atoms with E-state index in [1.54, 1.807) is 21.0 Å². The van der Waals surface area contributed by atoms with Crippen LogP contribution in [-0.4, -0.2) is 26.2 Å². The van der Waals surface area contributed by atoms with Gasteiger partial charge in [-0.05, 0) is 64.0 Å². The topological polar surface area (TPSA) is 38.7 Å². The van der Waals surface area contributed by atoms with E-state index in [-0.39, 0.29) is 0 Å². The Bertz CT molecular complexity index is 977. The molecule has 0 amide bonds. The van der Waals surface area contributed by atoms with Crippen molar-refractivity contribution in [3.63, 3.8) is 0 Å². The summed E-state index contributed by atoms with van der Waals surface area (Å²) in [6.07, 6.45) is 0.836. The first-order chi connectivity index (χ1) is 14.1. The lowest BCUT2D eigenvalue weighted by Gasteiger charge is -2.18. The largest absolute Gasteiger partial charge is 0.497 e. The SMILES string of the molecule is CC/C(=C(/c1ccccc1)c1ccc(OC)cc1)c1cc(OC)cc(B(C)O)c1. The predicted octanol–water partition coefficient (Wildman–Crippen LogP) is 4.89. The Morgan fingerprint density at radius 1 is 0.793 bits per heavy atom. The molecule has 3 aromatic rings. The van der Waals surface area contributed by atoms with Gasteiger partial charge in [-0.2, -0.15) is 0 Å². The predicted molar refractivity (Wildman–Crippen MR) is 122 cm³/mol. The lowest BCUT2D eigenvalue weighted by molar-refractivity contribution is 0.414. The maximum atomic E-state index is 10.2. The highest BCUT2D eigenvalue weighted by atomic mass is 16.5. The van der Waals surface area contributed by atoms with Gasteiger partial charge in [0.05, 0.1) is 14.2 Å². The van der Waals surface area contributed by atoms with Gasteiger partial charge in [0.2, 0.25) is 0 Å². The molecule has 0 aliphatic heterocycles. The molecule has 0 radical (unpaired) electrons. The zero-order valence-electron chi connectivity index (χ0n) is 17.5. The smallest absolute Gasteiger partial charge is 0.320 e. The van der Waals surface area contributed by atoms with Crippen LogP contribution >= 0.6 is 0 Å². The molecule has 0 saturated heterocycles. The van der Waals surface area contributed by atoms with Gasteiger partial charge in [0.25, 0.3) is 0 Å². The molecule has 3 aromatic carbocycles. The lowest BCUT2D eigenvalue weighted by atomic mass is 9.64. The molecule has 0 spiro atoms. The fourth-order valence-corrected chi connectivity index (χ4v) is 3.56. The second-order valence-corrected chi connectivity index (χ2v) is 6.97. The summed E-state index contributed by atoms with van der Waals surface area (Å²) < 4.78 is 10.8. The average Bonchev–Trinajstić information content (AvgIpc) is 2.77. The van der Waals surface area contributed by atoms with E-state index < -0.39 is 6.92 Å². The van der Waals surface area contributed by atoms with Crippen LogP contribution in [0.4, 0.5) is 0 Å². The van der Waals surface area contributed by atoms with Crippen molar-refractivity contribution in [2.75, 3.05) is 14.2 Å². The van der Waals surface area contributed by atoms with Crippen molar-refractivity contribution in [2.24, 2.45) is 0 Å². The first-order valence-electron chi connectivity index (χ1n) is 9.87. The molecule has 0 unspecified atom stereocenters. The molecule has 0 aliphatic carbocycles. The molecule has 1 N–H and O–H groups in total. The molecule has 3 rings (SSSR count). The highest BCUT2D eigenvalue weighted by Crippen LogP contribution is 2.35. The van der Waals surface area contributed by atoms with E-state index in [9.17, 15) is 5.02 Å². The quantitative estimate of drug-likeness (QED) is 0.464. The number of benzene rings is 3. The van der Waals surface area contributed by atoms with Gasteiger partial charge in [-0.1, -0.05) is 62.3 Å². The van der Waals surface area contributed by atoms with E-state index in [1.165, 1.54) is 11.1 Å². The third kappa shape index (κ3) is 4.72. The fourth-order valence-electron chi connectivity index (χ4n) is 3.56. The van der Waals surface area contributed by atoms with Gasteiger partial charge < -0.3 is 14.5 Å². The Hall–Kier alpha value is -2.98. The average molecular weight is 386 g/mol. The molecular formula is C25H27BO3. The summed E-state index contributed by atoms with van der Waals surface area (Å²) in [5.74, 6) is 1.57. The van der Waals surface area contributed by atoms with Crippen LogP contribution in [0.1, 0.15) is 30.0 Å². The lowest BCUT2D eigenvalue weighted by Crippen LogP contribution is -2.26. The van der Waals surface area contributed by atoms with Crippen LogP contribution in [0.5, 0.6) is 11.5 Å². The number of methoxy groups -OCH3 is 2. The Kier molecular flexibility index (Phi) is 6.79. The first-order valence-corrected chi connectivity index (χ1v) is 9.87. The molecule has 148 valence electrons. The maximum absolute atomic E-state index is 10.2. The minimum absolute atomic E-state index is 0.567. The van der Waals surface area contributed by atoms with Crippen LogP contribution < -0.4 is 14.9 Å². The molecule has 0 atom stereocenters. The van der Waals surface area contributed by atoms with E-state index >= 15 is 0 Å². The highest BCUT2D eigenvalue weighted by Gasteiger charge is 2.16. The number of allylic oxidation sites excluding steroid dienone is 1.